The Hall–Kier alpha value is -1.10. The maximum absolute atomic E-state index is 12.0. The molecular weight excluding hydrogens is 268 g/mol. The van der Waals surface area contributed by atoms with E-state index in [0.29, 0.717) is 18.9 Å². The number of carbonyl (C=O) groups is 2. The largest absolute Gasteiger partial charge is 0.480 e. The summed E-state index contributed by atoms with van der Waals surface area (Å²) in [5.41, 5.74) is 5.21. The van der Waals surface area contributed by atoms with Crippen molar-refractivity contribution >= 4 is 11.9 Å². The normalized spacial score (nSPS) is 15.4. The number of rotatable bonds is 7. The first-order valence-corrected chi connectivity index (χ1v) is 7.61. The van der Waals surface area contributed by atoms with Gasteiger partial charge in [0.05, 0.1) is 0 Å². The summed E-state index contributed by atoms with van der Waals surface area (Å²) in [6.07, 6.45) is 1.93. The van der Waals surface area contributed by atoms with Gasteiger partial charge in [-0.25, -0.2) is 4.79 Å². The highest BCUT2D eigenvalue weighted by Crippen LogP contribution is 2.32. The quantitative estimate of drug-likeness (QED) is 0.673. The lowest BCUT2D eigenvalue weighted by atomic mass is 9.76. The van der Waals surface area contributed by atoms with E-state index in [4.69, 9.17) is 5.73 Å². The van der Waals surface area contributed by atoms with Gasteiger partial charge in [0.1, 0.15) is 6.04 Å². The molecule has 0 aromatic carbocycles. The third-order valence-electron chi connectivity index (χ3n) is 3.88. The van der Waals surface area contributed by atoms with Crippen molar-refractivity contribution in [2.24, 2.45) is 22.5 Å². The molecule has 0 radical (unpaired) electrons. The van der Waals surface area contributed by atoms with Crippen LogP contribution in [0.2, 0.25) is 0 Å². The minimum Gasteiger partial charge on any atom is -0.480 e. The number of hydrogen-bond donors (Lipinski definition) is 3. The van der Waals surface area contributed by atoms with Crippen molar-refractivity contribution in [1.29, 1.82) is 0 Å². The van der Waals surface area contributed by atoms with Crippen LogP contribution in [0.1, 0.15) is 60.8 Å². The first kappa shape index (κ1) is 19.9. The lowest BCUT2D eigenvalue weighted by Gasteiger charge is -2.31. The number of hydrogen-bond acceptors (Lipinski definition) is 3. The average molecular weight is 300 g/mol. The van der Waals surface area contributed by atoms with Gasteiger partial charge in [-0.15, -0.1) is 0 Å². The molecule has 21 heavy (non-hydrogen) atoms. The second-order valence-electron chi connectivity index (χ2n) is 7.88. The van der Waals surface area contributed by atoms with Crippen LogP contribution in [0.5, 0.6) is 0 Å². The van der Waals surface area contributed by atoms with Gasteiger partial charge in [0.2, 0.25) is 5.91 Å². The third-order valence-corrected chi connectivity index (χ3v) is 3.88. The van der Waals surface area contributed by atoms with Gasteiger partial charge >= 0.3 is 5.97 Å². The smallest absolute Gasteiger partial charge is 0.326 e. The summed E-state index contributed by atoms with van der Waals surface area (Å²) in [4.78, 5) is 23.3. The van der Waals surface area contributed by atoms with Crippen LogP contribution in [0.25, 0.3) is 0 Å². The molecule has 0 saturated carbocycles. The molecule has 5 heteroatoms. The molecule has 0 bridgehead atoms. The Morgan fingerprint density at radius 3 is 1.90 bits per heavy atom. The van der Waals surface area contributed by atoms with E-state index in [1.165, 1.54) is 0 Å². The predicted octanol–water partition coefficient (Wildman–Crippen LogP) is 2.39. The lowest BCUT2D eigenvalue weighted by molar-refractivity contribution is -0.145. The zero-order chi connectivity index (χ0) is 16.8. The van der Waals surface area contributed by atoms with E-state index in [1.807, 2.05) is 0 Å². The maximum atomic E-state index is 12.0. The Labute approximate surface area is 128 Å². The summed E-state index contributed by atoms with van der Waals surface area (Å²) in [6, 6.07) is -0.868. The summed E-state index contributed by atoms with van der Waals surface area (Å²) >= 11 is 0. The minimum absolute atomic E-state index is 0.0931. The van der Waals surface area contributed by atoms with Crippen LogP contribution in [0.3, 0.4) is 0 Å². The molecule has 0 saturated heterocycles. The molecule has 0 aliphatic rings. The van der Waals surface area contributed by atoms with Crippen molar-refractivity contribution in [3.05, 3.63) is 0 Å². The van der Waals surface area contributed by atoms with E-state index in [1.54, 1.807) is 20.8 Å². The fraction of sp³-hybridized carbons (Fsp3) is 0.875. The maximum Gasteiger partial charge on any atom is 0.326 e. The van der Waals surface area contributed by atoms with Crippen molar-refractivity contribution in [2.75, 3.05) is 6.54 Å². The molecule has 0 aliphatic heterocycles. The van der Waals surface area contributed by atoms with Gasteiger partial charge in [0.15, 0.2) is 0 Å². The Morgan fingerprint density at radius 2 is 1.57 bits per heavy atom. The fourth-order valence-electron chi connectivity index (χ4n) is 2.40. The molecule has 1 amide bonds. The van der Waals surface area contributed by atoms with Crippen LogP contribution in [-0.2, 0) is 9.59 Å². The van der Waals surface area contributed by atoms with Crippen LogP contribution >= 0.6 is 0 Å². The summed E-state index contributed by atoms with van der Waals surface area (Å²) in [7, 11) is 0. The number of amides is 1. The van der Waals surface area contributed by atoms with Crippen molar-refractivity contribution in [2.45, 2.75) is 66.8 Å². The van der Waals surface area contributed by atoms with Crippen LogP contribution in [0, 0.1) is 16.7 Å². The first-order valence-electron chi connectivity index (χ1n) is 7.61. The second kappa shape index (κ2) is 7.78. The first-order chi connectivity index (χ1) is 9.39. The van der Waals surface area contributed by atoms with Gasteiger partial charge in [0, 0.05) is 6.42 Å². The second-order valence-corrected chi connectivity index (χ2v) is 7.88. The number of carbonyl (C=O) groups excluding carboxylic acids is 1. The zero-order valence-electron chi connectivity index (χ0n) is 14.3. The summed E-state index contributed by atoms with van der Waals surface area (Å²) in [6.45, 7) is 12.4. The van der Waals surface area contributed by atoms with Gasteiger partial charge in [-0.05, 0) is 36.1 Å². The van der Waals surface area contributed by atoms with Crippen molar-refractivity contribution < 1.29 is 14.7 Å². The molecule has 2 atom stereocenters. The summed E-state index contributed by atoms with van der Waals surface area (Å²) in [5, 5.41) is 11.9. The van der Waals surface area contributed by atoms with E-state index >= 15 is 0 Å². The van der Waals surface area contributed by atoms with Crippen LogP contribution in [0.15, 0.2) is 0 Å². The van der Waals surface area contributed by atoms with E-state index in [-0.39, 0.29) is 11.3 Å². The molecule has 0 aromatic heterocycles. The van der Waals surface area contributed by atoms with E-state index in [0.717, 1.165) is 12.8 Å². The molecule has 0 rings (SSSR count). The molecule has 0 fully saturated rings. The van der Waals surface area contributed by atoms with Crippen LogP contribution in [0.4, 0.5) is 0 Å². The van der Waals surface area contributed by atoms with Crippen molar-refractivity contribution in [3.8, 4) is 0 Å². The molecular formula is C16H32N2O3. The molecule has 0 heterocycles. The zero-order valence-corrected chi connectivity index (χ0v) is 14.3. The number of carboxylic acids is 1. The number of nitrogens with two attached hydrogens (primary N) is 1. The highest BCUT2D eigenvalue weighted by Gasteiger charge is 2.33. The highest BCUT2D eigenvalue weighted by molar-refractivity contribution is 5.84. The molecule has 1 unspecified atom stereocenters. The molecule has 0 spiro atoms. The number of aliphatic carboxylic acids is 1. The van der Waals surface area contributed by atoms with Gasteiger partial charge in [-0.3, -0.25) is 4.79 Å². The number of carboxylic acid groups (broad SMARTS) is 1. The third kappa shape index (κ3) is 7.46. The monoisotopic (exact) mass is 300 g/mol. The van der Waals surface area contributed by atoms with Crippen LogP contribution in [-0.4, -0.2) is 29.6 Å². The summed E-state index contributed by atoms with van der Waals surface area (Å²) in [5.74, 6) is -0.847. The van der Waals surface area contributed by atoms with Crippen LogP contribution < -0.4 is 11.1 Å². The van der Waals surface area contributed by atoms with Gasteiger partial charge in [0.25, 0.3) is 0 Å². The Morgan fingerprint density at radius 1 is 1.05 bits per heavy atom. The van der Waals surface area contributed by atoms with E-state index in [9.17, 15) is 14.7 Å². The predicted molar refractivity (Wildman–Crippen MR) is 84.9 cm³/mol. The molecule has 124 valence electrons. The molecule has 0 aliphatic carbocycles. The Kier molecular flexibility index (Phi) is 7.37. The number of nitrogens with one attached hydrogen (secondary N) is 1. The SMILES string of the molecule is CC(C)(C)C(CCN)CCC(=O)N[C@@H](C(=O)O)C(C)(C)C. The van der Waals surface area contributed by atoms with Gasteiger partial charge < -0.3 is 16.2 Å². The Balaban J connectivity index is 4.58. The molecule has 4 N–H and O–H groups in total. The highest BCUT2D eigenvalue weighted by atomic mass is 16.4. The molecule has 0 aromatic rings. The minimum atomic E-state index is -0.995. The Bertz CT molecular complexity index is 354. The van der Waals surface area contributed by atoms with Gasteiger partial charge in [-0.1, -0.05) is 41.5 Å². The van der Waals surface area contributed by atoms with E-state index in [2.05, 4.69) is 26.1 Å². The standard InChI is InChI=1S/C16H32N2O3/c1-15(2,3)11(9-10-17)7-8-12(19)18-13(14(20)21)16(4,5)6/h11,13H,7-10,17H2,1-6H3,(H,18,19)(H,20,21)/t11?,13-/m0/s1. The van der Waals surface area contributed by atoms with Gasteiger partial charge in [-0.2, -0.15) is 0 Å². The average Bonchev–Trinajstić information content (AvgIpc) is 2.28. The van der Waals surface area contributed by atoms with E-state index < -0.39 is 17.4 Å². The van der Waals surface area contributed by atoms with Crippen molar-refractivity contribution in [1.82, 2.24) is 5.32 Å². The molecule has 5 nitrogen and oxygen atoms in total. The van der Waals surface area contributed by atoms with Crippen molar-refractivity contribution in [3.63, 3.8) is 0 Å². The topological polar surface area (TPSA) is 92.4 Å². The summed E-state index contributed by atoms with van der Waals surface area (Å²) < 4.78 is 0. The lowest BCUT2D eigenvalue weighted by Crippen LogP contribution is -2.49. The fourth-order valence-corrected chi connectivity index (χ4v) is 2.40.